The molecule has 1 amide bonds. The Morgan fingerprint density at radius 2 is 1.96 bits per heavy atom. The minimum Gasteiger partial charge on any atom is -0.311 e. The highest BCUT2D eigenvalue weighted by atomic mass is 32.2. The van der Waals surface area contributed by atoms with Gasteiger partial charge in [0, 0.05) is 18.8 Å². The molecule has 1 atom stereocenters. The summed E-state index contributed by atoms with van der Waals surface area (Å²) in [7, 11) is 0. The number of carbonyl (C=O) groups excluding carboxylic acids is 1. The fraction of sp³-hybridized carbons (Fsp3) is 0.471. The molecule has 6 heteroatoms. The normalized spacial score (nSPS) is 18.5. The molecule has 0 bridgehead atoms. The van der Waals surface area contributed by atoms with E-state index in [9.17, 15) is 4.79 Å². The Balaban J connectivity index is 1.78. The number of hydrogen-bond donors (Lipinski definition) is 0. The average Bonchev–Trinajstić information content (AvgIpc) is 2.90. The number of rotatable bonds is 4. The summed E-state index contributed by atoms with van der Waals surface area (Å²) < 4.78 is 2.06. The summed E-state index contributed by atoms with van der Waals surface area (Å²) in [5.74, 6) is 1.07. The van der Waals surface area contributed by atoms with Gasteiger partial charge in [0.05, 0.1) is 5.25 Å². The molecule has 1 aromatic carbocycles. The summed E-state index contributed by atoms with van der Waals surface area (Å²) in [5.41, 5.74) is 2.19. The van der Waals surface area contributed by atoms with Crippen molar-refractivity contribution in [3.8, 4) is 0 Å². The van der Waals surface area contributed by atoms with E-state index >= 15 is 0 Å². The molecule has 0 spiro atoms. The molecule has 1 aliphatic rings. The second-order valence-electron chi connectivity index (χ2n) is 5.85. The molecule has 1 saturated heterocycles. The Morgan fingerprint density at radius 3 is 2.65 bits per heavy atom. The molecule has 1 fully saturated rings. The number of thioether (sulfide) groups is 1. The smallest absolute Gasteiger partial charge is 0.240 e. The van der Waals surface area contributed by atoms with Crippen molar-refractivity contribution in [3.05, 3.63) is 35.7 Å². The van der Waals surface area contributed by atoms with Gasteiger partial charge in [-0.25, -0.2) is 0 Å². The van der Waals surface area contributed by atoms with Crippen LogP contribution in [-0.2, 0) is 11.3 Å². The lowest BCUT2D eigenvalue weighted by atomic mass is 10.1. The number of benzene rings is 1. The van der Waals surface area contributed by atoms with E-state index in [0.717, 1.165) is 42.6 Å². The third kappa shape index (κ3) is 3.27. The maximum Gasteiger partial charge on any atom is 0.240 e. The number of amides is 1. The van der Waals surface area contributed by atoms with Crippen molar-refractivity contribution in [3.63, 3.8) is 0 Å². The minimum absolute atomic E-state index is 0.0843. The fourth-order valence-electron chi connectivity index (χ4n) is 2.87. The number of nitrogens with zero attached hydrogens (tertiary/aromatic N) is 4. The van der Waals surface area contributed by atoms with Crippen molar-refractivity contribution in [1.82, 2.24) is 14.8 Å². The van der Waals surface area contributed by atoms with Crippen LogP contribution in [0.2, 0.25) is 0 Å². The number of piperidine rings is 1. The van der Waals surface area contributed by atoms with Gasteiger partial charge in [-0.15, -0.1) is 10.2 Å². The lowest BCUT2D eigenvalue weighted by Crippen LogP contribution is -2.43. The first-order valence-corrected chi connectivity index (χ1v) is 8.92. The van der Waals surface area contributed by atoms with E-state index in [-0.39, 0.29) is 11.2 Å². The Labute approximate surface area is 141 Å². The highest BCUT2D eigenvalue weighted by Gasteiger charge is 2.31. The zero-order valence-electron chi connectivity index (χ0n) is 13.8. The number of carbonyl (C=O) groups is 1. The molecule has 1 aromatic heterocycles. The molecule has 0 aliphatic carbocycles. The standard InChI is InChI=1S/C17H22N4OS/c1-4-20-13(3)18-19-17(20)23-15-6-5-11-21(16(15)22)14-9-7-12(2)8-10-14/h7-10,15H,4-6,11H2,1-3H3/t15-/m1/s1. The molecule has 3 rings (SSSR count). The van der Waals surface area contributed by atoms with Crippen molar-refractivity contribution in [1.29, 1.82) is 0 Å². The summed E-state index contributed by atoms with van der Waals surface area (Å²) in [6, 6.07) is 8.16. The summed E-state index contributed by atoms with van der Waals surface area (Å²) in [6.07, 6.45) is 1.90. The lowest BCUT2D eigenvalue weighted by Gasteiger charge is -2.31. The molecule has 122 valence electrons. The average molecular weight is 330 g/mol. The Kier molecular flexibility index (Phi) is 4.71. The summed E-state index contributed by atoms with van der Waals surface area (Å²) in [4.78, 5) is 14.8. The third-order valence-electron chi connectivity index (χ3n) is 4.20. The van der Waals surface area contributed by atoms with Crippen LogP contribution in [0.3, 0.4) is 0 Å². The second-order valence-corrected chi connectivity index (χ2v) is 7.02. The molecule has 0 unspecified atom stereocenters. The van der Waals surface area contributed by atoms with Gasteiger partial charge >= 0.3 is 0 Å². The Bertz CT molecular complexity index is 695. The van der Waals surface area contributed by atoms with E-state index in [0.29, 0.717) is 0 Å². The first-order chi connectivity index (χ1) is 11.1. The van der Waals surface area contributed by atoms with Crippen LogP contribution in [0.15, 0.2) is 29.4 Å². The highest BCUT2D eigenvalue weighted by Crippen LogP contribution is 2.32. The van der Waals surface area contributed by atoms with Crippen LogP contribution in [0.1, 0.15) is 31.2 Å². The van der Waals surface area contributed by atoms with Gasteiger partial charge in [-0.1, -0.05) is 29.5 Å². The van der Waals surface area contributed by atoms with E-state index in [1.54, 1.807) is 11.8 Å². The molecule has 0 N–H and O–H groups in total. The van der Waals surface area contributed by atoms with Gasteiger partial charge in [-0.05, 0) is 45.7 Å². The third-order valence-corrected chi connectivity index (χ3v) is 5.44. The molecule has 2 aromatic rings. The lowest BCUT2D eigenvalue weighted by molar-refractivity contribution is -0.119. The van der Waals surface area contributed by atoms with Gasteiger partial charge in [0.2, 0.25) is 5.91 Å². The first-order valence-electron chi connectivity index (χ1n) is 8.04. The zero-order valence-corrected chi connectivity index (χ0v) is 14.6. The van der Waals surface area contributed by atoms with Crippen molar-refractivity contribution >= 4 is 23.4 Å². The van der Waals surface area contributed by atoms with Crippen LogP contribution in [0.25, 0.3) is 0 Å². The number of anilines is 1. The molecule has 2 heterocycles. The van der Waals surface area contributed by atoms with Crippen molar-refractivity contribution < 1.29 is 4.79 Å². The minimum atomic E-state index is -0.0843. The van der Waals surface area contributed by atoms with Crippen LogP contribution in [0.5, 0.6) is 0 Å². The maximum absolute atomic E-state index is 12.9. The summed E-state index contributed by atoms with van der Waals surface area (Å²) >= 11 is 1.54. The highest BCUT2D eigenvalue weighted by molar-refractivity contribution is 8.00. The van der Waals surface area contributed by atoms with Crippen LogP contribution in [0, 0.1) is 13.8 Å². The van der Waals surface area contributed by atoms with Gasteiger partial charge in [0.25, 0.3) is 0 Å². The van der Waals surface area contributed by atoms with Crippen molar-refractivity contribution in [2.75, 3.05) is 11.4 Å². The van der Waals surface area contributed by atoms with Crippen molar-refractivity contribution in [2.45, 2.75) is 50.6 Å². The quantitative estimate of drug-likeness (QED) is 0.864. The predicted octanol–water partition coefficient (Wildman–Crippen LogP) is 3.20. The van der Waals surface area contributed by atoms with Gasteiger partial charge in [0.15, 0.2) is 5.16 Å². The Hall–Kier alpha value is -1.82. The molecule has 0 saturated carbocycles. The molecule has 0 radical (unpaired) electrons. The van der Waals surface area contributed by atoms with Crippen molar-refractivity contribution in [2.24, 2.45) is 0 Å². The maximum atomic E-state index is 12.9. The van der Waals surface area contributed by atoms with E-state index in [4.69, 9.17) is 0 Å². The monoisotopic (exact) mass is 330 g/mol. The van der Waals surface area contributed by atoms with Crippen LogP contribution < -0.4 is 4.90 Å². The van der Waals surface area contributed by atoms with E-state index < -0.39 is 0 Å². The number of hydrogen-bond acceptors (Lipinski definition) is 4. The second kappa shape index (κ2) is 6.74. The largest absolute Gasteiger partial charge is 0.311 e. The number of aromatic nitrogens is 3. The van der Waals surface area contributed by atoms with E-state index in [2.05, 4.69) is 40.7 Å². The van der Waals surface area contributed by atoms with Crippen LogP contribution in [-0.4, -0.2) is 32.5 Å². The summed E-state index contributed by atoms with van der Waals surface area (Å²) in [6.45, 7) is 7.69. The van der Waals surface area contributed by atoms with E-state index in [1.165, 1.54) is 5.56 Å². The molecular formula is C17H22N4OS. The molecule has 5 nitrogen and oxygen atoms in total. The zero-order chi connectivity index (χ0) is 16.4. The Morgan fingerprint density at radius 1 is 1.22 bits per heavy atom. The predicted molar refractivity (Wildman–Crippen MR) is 92.8 cm³/mol. The molecule has 1 aliphatic heterocycles. The van der Waals surface area contributed by atoms with Gasteiger partial charge in [-0.2, -0.15) is 0 Å². The van der Waals surface area contributed by atoms with Crippen LogP contribution >= 0.6 is 11.8 Å². The summed E-state index contributed by atoms with van der Waals surface area (Å²) in [5, 5.41) is 9.12. The first kappa shape index (κ1) is 16.1. The molecular weight excluding hydrogens is 308 g/mol. The number of aryl methyl sites for hydroxylation is 2. The van der Waals surface area contributed by atoms with Gasteiger partial charge in [0.1, 0.15) is 5.82 Å². The SMILES string of the molecule is CCn1c(C)nnc1S[C@@H]1CCCN(c2ccc(C)cc2)C1=O. The van der Waals surface area contributed by atoms with Gasteiger partial charge < -0.3 is 9.47 Å². The molecule has 23 heavy (non-hydrogen) atoms. The van der Waals surface area contributed by atoms with Crippen LogP contribution in [0.4, 0.5) is 5.69 Å². The topological polar surface area (TPSA) is 51.0 Å². The van der Waals surface area contributed by atoms with E-state index in [1.807, 2.05) is 24.0 Å². The fourth-order valence-corrected chi connectivity index (χ4v) is 4.12. The van der Waals surface area contributed by atoms with Gasteiger partial charge in [-0.3, -0.25) is 4.79 Å².